The van der Waals surface area contributed by atoms with Gasteiger partial charge in [0.1, 0.15) is 6.04 Å². The van der Waals surface area contributed by atoms with E-state index < -0.39 is 29.7 Å². The van der Waals surface area contributed by atoms with Crippen LogP contribution in [0.3, 0.4) is 0 Å². The van der Waals surface area contributed by atoms with Gasteiger partial charge in [-0.1, -0.05) is 32.4 Å². The summed E-state index contributed by atoms with van der Waals surface area (Å²) < 4.78 is 37.3. The molecule has 2 unspecified atom stereocenters. The Balaban J connectivity index is 2.70. The molecule has 0 spiro atoms. The molecule has 1 aromatic rings. The number of amides is 1. The van der Waals surface area contributed by atoms with Crippen molar-refractivity contribution in [3.63, 3.8) is 0 Å². The summed E-state index contributed by atoms with van der Waals surface area (Å²) in [6.45, 7) is 3.51. The molecule has 0 bridgehead atoms. The van der Waals surface area contributed by atoms with Gasteiger partial charge in [0.25, 0.3) is 0 Å². The summed E-state index contributed by atoms with van der Waals surface area (Å²) in [5, 5.41) is 11.5. The number of benzene rings is 1. The smallest absolute Gasteiger partial charge is 0.416 e. The Morgan fingerprint density at radius 3 is 2.18 bits per heavy atom. The Labute approximate surface area is 126 Å². The molecule has 1 aromatic carbocycles. The fourth-order valence-corrected chi connectivity index (χ4v) is 1.90. The molecule has 0 saturated carbocycles. The fraction of sp³-hybridized carbons (Fsp3) is 0.467. The average Bonchev–Trinajstić information content (AvgIpc) is 2.43. The van der Waals surface area contributed by atoms with Gasteiger partial charge >= 0.3 is 12.1 Å². The maximum absolute atomic E-state index is 12.4. The van der Waals surface area contributed by atoms with Gasteiger partial charge in [-0.3, -0.25) is 4.79 Å². The lowest BCUT2D eigenvalue weighted by Gasteiger charge is -2.20. The van der Waals surface area contributed by atoms with E-state index in [1.807, 2.05) is 6.92 Å². The number of hydrogen-bond donors (Lipinski definition) is 2. The van der Waals surface area contributed by atoms with Crippen molar-refractivity contribution in [3.8, 4) is 0 Å². The van der Waals surface area contributed by atoms with Crippen LogP contribution in [-0.4, -0.2) is 23.0 Å². The van der Waals surface area contributed by atoms with Gasteiger partial charge in [-0.2, -0.15) is 13.2 Å². The van der Waals surface area contributed by atoms with E-state index >= 15 is 0 Å². The van der Waals surface area contributed by atoms with Gasteiger partial charge in [-0.15, -0.1) is 0 Å². The molecule has 0 saturated heterocycles. The van der Waals surface area contributed by atoms with Crippen LogP contribution in [0.5, 0.6) is 0 Å². The molecule has 0 aliphatic carbocycles. The number of rotatable bonds is 6. The second kappa shape index (κ2) is 7.29. The second-order valence-electron chi connectivity index (χ2n) is 5.14. The molecule has 7 heteroatoms. The Kier molecular flexibility index (Phi) is 5.96. The first-order valence-corrected chi connectivity index (χ1v) is 6.83. The average molecular weight is 317 g/mol. The van der Waals surface area contributed by atoms with Crippen molar-refractivity contribution in [2.75, 3.05) is 0 Å². The highest BCUT2D eigenvalue weighted by molar-refractivity contribution is 5.85. The number of carboxylic acid groups (broad SMARTS) is 1. The lowest BCUT2D eigenvalue weighted by atomic mass is 9.99. The van der Waals surface area contributed by atoms with Crippen LogP contribution < -0.4 is 5.32 Å². The SMILES string of the molecule is CCC(C)C(NC(=O)Cc1ccc(C(F)(F)F)cc1)C(=O)O. The number of nitrogens with one attached hydrogen (secondary N) is 1. The predicted molar refractivity (Wildman–Crippen MR) is 74.2 cm³/mol. The van der Waals surface area contributed by atoms with E-state index in [1.54, 1.807) is 6.92 Å². The van der Waals surface area contributed by atoms with Gasteiger partial charge in [0.05, 0.1) is 12.0 Å². The number of hydrogen-bond acceptors (Lipinski definition) is 2. The Morgan fingerprint density at radius 1 is 1.23 bits per heavy atom. The molecule has 22 heavy (non-hydrogen) atoms. The minimum atomic E-state index is -4.42. The molecule has 0 heterocycles. The number of aliphatic carboxylic acids is 1. The molecule has 1 rings (SSSR count). The summed E-state index contributed by atoms with van der Waals surface area (Å²) in [5.74, 6) is -1.91. The first kappa shape index (κ1) is 18.0. The van der Waals surface area contributed by atoms with Crippen molar-refractivity contribution in [1.82, 2.24) is 5.32 Å². The predicted octanol–water partition coefficient (Wildman–Crippen LogP) is 2.86. The number of alkyl halides is 3. The third kappa shape index (κ3) is 5.05. The van der Waals surface area contributed by atoms with E-state index in [9.17, 15) is 22.8 Å². The highest BCUT2D eigenvalue weighted by Crippen LogP contribution is 2.29. The molecule has 2 N–H and O–H groups in total. The van der Waals surface area contributed by atoms with Gasteiger partial charge in [0.2, 0.25) is 5.91 Å². The molecule has 0 fully saturated rings. The molecular formula is C15H18F3NO3. The van der Waals surface area contributed by atoms with E-state index in [-0.39, 0.29) is 12.3 Å². The molecule has 4 nitrogen and oxygen atoms in total. The summed E-state index contributed by atoms with van der Waals surface area (Å²) in [6, 6.07) is 3.20. The van der Waals surface area contributed by atoms with Crippen LogP contribution in [0.15, 0.2) is 24.3 Å². The summed E-state index contributed by atoms with van der Waals surface area (Å²) >= 11 is 0. The summed E-state index contributed by atoms with van der Waals surface area (Å²) in [4.78, 5) is 22.9. The van der Waals surface area contributed by atoms with Gasteiger partial charge in [-0.25, -0.2) is 4.79 Å². The molecule has 0 aromatic heterocycles. The number of carbonyl (C=O) groups excluding carboxylic acids is 1. The first-order valence-electron chi connectivity index (χ1n) is 6.83. The van der Waals surface area contributed by atoms with Crippen LogP contribution in [0.2, 0.25) is 0 Å². The normalized spacial score (nSPS) is 14.2. The largest absolute Gasteiger partial charge is 0.480 e. The summed E-state index contributed by atoms with van der Waals surface area (Å²) in [5.41, 5.74) is -0.404. The molecule has 0 radical (unpaired) electrons. The zero-order valence-corrected chi connectivity index (χ0v) is 12.3. The maximum Gasteiger partial charge on any atom is 0.416 e. The number of carbonyl (C=O) groups is 2. The fourth-order valence-electron chi connectivity index (χ4n) is 1.90. The van der Waals surface area contributed by atoms with Gasteiger partial charge in [0.15, 0.2) is 0 Å². The number of halogens is 3. The van der Waals surface area contributed by atoms with Crippen molar-refractivity contribution in [2.24, 2.45) is 5.92 Å². The Morgan fingerprint density at radius 2 is 1.77 bits per heavy atom. The zero-order chi connectivity index (χ0) is 16.9. The monoisotopic (exact) mass is 317 g/mol. The number of carboxylic acids is 1. The second-order valence-corrected chi connectivity index (χ2v) is 5.14. The minimum Gasteiger partial charge on any atom is -0.480 e. The first-order chi connectivity index (χ1) is 10.1. The highest BCUT2D eigenvalue weighted by Gasteiger charge is 2.30. The van der Waals surface area contributed by atoms with Crippen molar-refractivity contribution >= 4 is 11.9 Å². The van der Waals surface area contributed by atoms with Gasteiger partial charge < -0.3 is 10.4 Å². The molecular weight excluding hydrogens is 299 g/mol. The van der Waals surface area contributed by atoms with Gasteiger partial charge in [-0.05, 0) is 23.6 Å². The standard InChI is InChI=1S/C15H18F3NO3/c1-3-9(2)13(14(21)22)19-12(20)8-10-4-6-11(7-5-10)15(16,17)18/h4-7,9,13H,3,8H2,1-2H3,(H,19,20)(H,21,22). The van der Waals surface area contributed by atoms with E-state index in [2.05, 4.69) is 5.32 Å². The van der Waals surface area contributed by atoms with Crippen molar-refractivity contribution in [3.05, 3.63) is 35.4 Å². The molecule has 0 aliphatic rings. The molecule has 0 aliphatic heterocycles. The van der Waals surface area contributed by atoms with Crippen LogP contribution in [0.1, 0.15) is 31.4 Å². The third-order valence-corrected chi connectivity index (χ3v) is 3.44. The maximum atomic E-state index is 12.4. The van der Waals surface area contributed by atoms with Crippen LogP contribution in [0.4, 0.5) is 13.2 Å². The summed E-state index contributed by atoms with van der Waals surface area (Å²) in [7, 11) is 0. The topological polar surface area (TPSA) is 66.4 Å². The lowest BCUT2D eigenvalue weighted by molar-refractivity contribution is -0.143. The quantitative estimate of drug-likeness (QED) is 0.848. The van der Waals surface area contributed by atoms with Crippen LogP contribution in [0.25, 0.3) is 0 Å². The Bertz CT molecular complexity index is 526. The molecule has 2 atom stereocenters. The van der Waals surface area contributed by atoms with Crippen molar-refractivity contribution in [2.45, 2.75) is 38.9 Å². The minimum absolute atomic E-state index is 0.168. The van der Waals surface area contributed by atoms with Gasteiger partial charge in [0, 0.05) is 0 Å². The summed E-state index contributed by atoms with van der Waals surface area (Å²) in [6.07, 6.45) is -4.01. The van der Waals surface area contributed by atoms with E-state index in [1.165, 1.54) is 12.1 Å². The lowest BCUT2D eigenvalue weighted by Crippen LogP contribution is -2.45. The van der Waals surface area contributed by atoms with Crippen LogP contribution in [0, 0.1) is 5.92 Å². The van der Waals surface area contributed by atoms with E-state index in [4.69, 9.17) is 5.11 Å². The molecule has 1 amide bonds. The van der Waals surface area contributed by atoms with Crippen molar-refractivity contribution in [1.29, 1.82) is 0 Å². The molecule has 122 valence electrons. The Hall–Kier alpha value is -2.05. The van der Waals surface area contributed by atoms with Crippen molar-refractivity contribution < 1.29 is 27.9 Å². The highest BCUT2D eigenvalue weighted by atomic mass is 19.4. The van der Waals surface area contributed by atoms with Crippen LogP contribution in [-0.2, 0) is 22.2 Å². The zero-order valence-electron chi connectivity index (χ0n) is 12.3. The third-order valence-electron chi connectivity index (χ3n) is 3.44. The van der Waals surface area contributed by atoms with E-state index in [0.29, 0.717) is 12.0 Å². The van der Waals surface area contributed by atoms with E-state index in [0.717, 1.165) is 12.1 Å². The van der Waals surface area contributed by atoms with Crippen LogP contribution >= 0.6 is 0 Å².